The molecule has 130 valence electrons. The molecule has 1 fully saturated rings. The van der Waals surface area contributed by atoms with Crippen LogP contribution in [0.5, 0.6) is 0 Å². The molecular formula is C16H14N2O7. The highest BCUT2D eigenvalue weighted by Crippen LogP contribution is 2.30. The van der Waals surface area contributed by atoms with E-state index < -0.39 is 41.0 Å². The molecule has 1 atom stereocenters. The van der Waals surface area contributed by atoms with Crippen LogP contribution in [0.15, 0.2) is 18.2 Å². The maximum atomic E-state index is 12.4. The average molecular weight is 346 g/mol. The number of hydrogen-bond acceptors (Lipinski definition) is 7. The number of ketones is 1. The second kappa shape index (κ2) is 6.42. The van der Waals surface area contributed by atoms with Gasteiger partial charge in [-0.25, -0.2) is 0 Å². The summed E-state index contributed by atoms with van der Waals surface area (Å²) in [7, 11) is 0. The third-order valence-corrected chi connectivity index (χ3v) is 4.23. The van der Waals surface area contributed by atoms with Gasteiger partial charge < -0.3 is 4.74 Å². The first-order valence-corrected chi connectivity index (χ1v) is 7.76. The van der Waals surface area contributed by atoms with Crippen molar-refractivity contribution in [2.24, 2.45) is 0 Å². The fraction of sp³-hybridized carbons (Fsp3) is 0.375. The number of fused-ring (bicyclic) bond motifs is 1. The summed E-state index contributed by atoms with van der Waals surface area (Å²) >= 11 is 0. The molecular weight excluding hydrogens is 332 g/mol. The number of nitro benzene ring substituents is 1. The van der Waals surface area contributed by atoms with Crippen LogP contribution in [0.2, 0.25) is 0 Å². The molecule has 0 bridgehead atoms. The average Bonchev–Trinajstić information content (AvgIpc) is 2.82. The van der Waals surface area contributed by atoms with E-state index in [9.17, 15) is 29.3 Å². The highest BCUT2D eigenvalue weighted by Gasteiger charge is 2.42. The van der Waals surface area contributed by atoms with E-state index >= 15 is 0 Å². The van der Waals surface area contributed by atoms with Crippen LogP contribution in [0.1, 0.15) is 46.4 Å². The Bertz CT molecular complexity index is 802. The SMILES string of the molecule is O=C(CN1C(=O)c2cccc([N+](=O)[O-])c2C1=O)O[C@H]1CCCCC1=O. The molecule has 9 nitrogen and oxygen atoms in total. The molecule has 0 unspecified atom stereocenters. The van der Waals surface area contributed by atoms with Gasteiger partial charge in [0.15, 0.2) is 11.9 Å². The second-order valence-electron chi connectivity index (χ2n) is 5.84. The zero-order chi connectivity index (χ0) is 18.1. The zero-order valence-electron chi connectivity index (χ0n) is 13.1. The minimum atomic E-state index is -0.917. The number of imide groups is 1. The Labute approximate surface area is 141 Å². The first-order valence-electron chi connectivity index (χ1n) is 7.76. The van der Waals surface area contributed by atoms with Crippen molar-refractivity contribution in [2.45, 2.75) is 31.8 Å². The number of nitro groups is 1. The topological polar surface area (TPSA) is 124 Å². The summed E-state index contributed by atoms with van der Waals surface area (Å²) in [5, 5.41) is 11.0. The number of carbonyl (C=O) groups excluding carboxylic acids is 4. The molecule has 1 aliphatic heterocycles. The van der Waals surface area contributed by atoms with E-state index in [1.807, 2.05) is 0 Å². The number of hydrogen-bond donors (Lipinski definition) is 0. The molecule has 1 aromatic rings. The molecule has 25 heavy (non-hydrogen) atoms. The molecule has 1 aliphatic carbocycles. The van der Waals surface area contributed by atoms with Crippen molar-refractivity contribution in [1.82, 2.24) is 4.90 Å². The van der Waals surface area contributed by atoms with Gasteiger partial charge in [-0.1, -0.05) is 6.07 Å². The Morgan fingerprint density at radius 3 is 2.68 bits per heavy atom. The molecule has 0 spiro atoms. The summed E-state index contributed by atoms with van der Waals surface area (Å²) < 4.78 is 5.07. The van der Waals surface area contributed by atoms with Crippen LogP contribution in [0.3, 0.4) is 0 Å². The molecule has 1 heterocycles. The van der Waals surface area contributed by atoms with Gasteiger partial charge >= 0.3 is 5.97 Å². The van der Waals surface area contributed by atoms with Crippen molar-refractivity contribution in [2.75, 3.05) is 6.54 Å². The quantitative estimate of drug-likeness (QED) is 0.348. The second-order valence-corrected chi connectivity index (χ2v) is 5.84. The fourth-order valence-corrected chi connectivity index (χ4v) is 3.01. The maximum Gasteiger partial charge on any atom is 0.326 e. The van der Waals surface area contributed by atoms with Gasteiger partial charge in [-0.2, -0.15) is 0 Å². The van der Waals surface area contributed by atoms with Crippen LogP contribution in [-0.2, 0) is 14.3 Å². The maximum absolute atomic E-state index is 12.4. The Hall–Kier alpha value is -3.10. The standard InChI is InChI=1S/C16H14N2O7/c19-11-6-1-2-7-12(11)25-13(20)8-17-15(21)9-4-3-5-10(18(23)24)14(9)16(17)22/h3-5,12H,1-2,6-8H2/t12-/m0/s1. The van der Waals surface area contributed by atoms with Crippen molar-refractivity contribution in [3.05, 3.63) is 39.4 Å². The van der Waals surface area contributed by atoms with Crippen LogP contribution < -0.4 is 0 Å². The normalized spacial score (nSPS) is 19.8. The molecule has 1 aromatic carbocycles. The summed E-state index contributed by atoms with van der Waals surface area (Å²) in [5.41, 5.74) is -0.950. The number of amides is 2. The van der Waals surface area contributed by atoms with Gasteiger partial charge in [-0.05, 0) is 25.3 Å². The molecule has 9 heteroatoms. The third-order valence-electron chi connectivity index (χ3n) is 4.23. The van der Waals surface area contributed by atoms with Crippen LogP contribution in [0.25, 0.3) is 0 Å². The van der Waals surface area contributed by atoms with Gasteiger partial charge in [-0.3, -0.25) is 34.2 Å². The van der Waals surface area contributed by atoms with E-state index in [1.54, 1.807) is 0 Å². The smallest absolute Gasteiger partial charge is 0.326 e. The largest absolute Gasteiger partial charge is 0.453 e. The Morgan fingerprint density at radius 2 is 2.00 bits per heavy atom. The van der Waals surface area contributed by atoms with Crippen LogP contribution in [0.4, 0.5) is 5.69 Å². The predicted molar refractivity (Wildman–Crippen MR) is 81.8 cm³/mol. The lowest BCUT2D eigenvalue weighted by Crippen LogP contribution is -2.39. The van der Waals surface area contributed by atoms with Gasteiger partial charge in [0, 0.05) is 12.5 Å². The van der Waals surface area contributed by atoms with Gasteiger partial charge in [0.2, 0.25) is 0 Å². The minimum Gasteiger partial charge on any atom is -0.453 e. The first-order chi connectivity index (χ1) is 11.9. The fourth-order valence-electron chi connectivity index (χ4n) is 3.01. The molecule has 0 radical (unpaired) electrons. The summed E-state index contributed by atoms with van der Waals surface area (Å²) in [6.45, 7) is -0.687. The van der Waals surface area contributed by atoms with Gasteiger partial charge in [0.25, 0.3) is 17.5 Å². The molecule has 2 aliphatic rings. The molecule has 0 N–H and O–H groups in total. The lowest BCUT2D eigenvalue weighted by Gasteiger charge is -2.21. The summed E-state index contributed by atoms with van der Waals surface area (Å²) in [4.78, 5) is 59.2. The number of ether oxygens (including phenoxy) is 1. The van der Waals surface area contributed by atoms with Crippen LogP contribution in [-0.4, -0.2) is 46.0 Å². The number of rotatable bonds is 4. The predicted octanol–water partition coefficient (Wildman–Crippen LogP) is 1.25. The third kappa shape index (κ3) is 3.00. The Balaban J connectivity index is 1.76. The van der Waals surface area contributed by atoms with Crippen molar-refractivity contribution >= 4 is 29.3 Å². The number of esters is 1. The zero-order valence-corrected chi connectivity index (χ0v) is 13.1. The van der Waals surface area contributed by atoms with Gasteiger partial charge in [0.1, 0.15) is 12.1 Å². The van der Waals surface area contributed by atoms with E-state index in [-0.39, 0.29) is 16.9 Å². The molecule has 0 aromatic heterocycles. The highest BCUT2D eigenvalue weighted by atomic mass is 16.6. The lowest BCUT2D eigenvalue weighted by atomic mass is 9.96. The van der Waals surface area contributed by atoms with Crippen LogP contribution >= 0.6 is 0 Å². The molecule has 1 saturated carbocycles. The molecule has 0 saturated heterocycles. The van der Waals surface area contributed by atoms with E-state index in [0.29, 0.717) is 17.7 Å². The monoisotopic (exact) mass is 346 g/mol. The van der Waals surface area contributed by atoms with E-state index in [2.05, 4.69) is 0 Å². The molecule has 3 rings (SSSR count). The first kappa shape index (κ1) is 16.7. The highest BCUT2D eigenvalue weighted by molar-refractivity contribution is 6.24. The summed E-state index contributed by atoms with van der Waals surface area (Å²) in [6, 6.07) is 3.70. The van der Waals surface area contributed by atoms with Crippen LogP contribution in [0, 0.1) is 10.1 Å². The van der Waals surface area contributed by atoms with Crippen molar-refractivity contribution in [3.63, 3.8) is 0 Å². The number of nitrogens with zero attached hydrogens (tertiary/aromatic N) is 2. The van der Waals surface area contributed by atoms with E-state index in [4.69, 9.17) is 4.74 Å². The molecule has 2 amide bonds. The number of carbonyl (C=O) groups is 4. The summed E-state index contributed by atoms with van der Waals surface area (Å²) in [5.74, 6) is -2.79. The van der Waals surface area contributed by atoms with Crippen molar-refractivity contribution < 1.29 is 28.8 Å². The Kier molecular flexibility index (Phi) is 4.30. The summed E-state index contributed by atoms with van der Waals surface area (Å²) in [6.07, 6.45) is 1.39. The van der Waals surface area contributed by atoms with Gasteiger partial charge in [-0.15, -0.1) is 0 Å². The van der Waals surface area contributed by atoms with E-state index in [1.165, 1.54) is 12.1 Å². The minimum absolute atomic E-state index is 0.124. The van der Waals surface area contributed by atoms with E-state index in [0.717, 1.165) is 18.9 Å². The van der Waals surface area contributed by atoms with Gasteiger partial charge in [0.05, 0.1) is 10.5 Å². The Morgan fingerprint density at radius 1 is 1.24 bits per heavy atom. The lowest BCUT2D eigenvalue weighted by molar-refractivity contribution is -0.385. The number of benzene rings is 1. The van der Waals surface area contributed by atoms with Crippen molar-refractivity contribution in [1.29, 1.82) is 0 Å². The number of Topliss-reactive ketones (excluding diaryl/α,β-unsaturated/α-hetero) is 1. The van der Waals surface area contributed by atoms with Crippen molar-refractivity contribution in [3.8, 4) is 0 Å².